The Labute approximate surface area is 122 Å². The standard InChI is InChI=1S/C15H13BN2O3/c19-16(20)12-4-1-6-14(10-12)21-15-7-2-5-13(11-15)18-9-3-8-17-18/h1-11,19-20H. The predicted molar refractivity (Wildman–Crippen MR) is 79.9 cm³/mol. The van der Waals surface area contributed by atoms with Crippen LogP contribution in [0.1, 0.15) is 0 Å². The van der Waals surface area contributed by atoms with Gasteiger partial charge in [0.2, 0.25) is 0 Å². The monoisotopic (exact) mass is 280 g/mol. The van der Waals surface area contributed by atoms with Gasteiger partial charge in [0.25, 0.3) is 0 Å². The summed E-state index contributed by atoms with van der Waals surface area (Å²) in [4.78, 5) is 0. The molecule has 21 heavy (non-hydrogen) atoms. The van der Waals surface area contributed by atoms with Crippen molar-refractivity contribution < 1.29 is 14.8 Å². The van der Waals surface area contributed by atoms with E-state index < -0.39 is 7.12 Å². The number of hydrogen-bond donors (Lipinski definition) is 2. The summed E-state index contributed by atoms with van der Waals surface area (Å²) in [6, 6.07) is 16.0. The van der Waals surface area contributed by atoms with Gasteiger partial charge in [-0.25, -0.2) is 4.68 Å². The van der Waals surface area contributed by atoms with Gasteiger partial charge in [-0.05, 0) is 35.8 Å². The van der Waals surface area contributed by atoms with Crippen LogP contribution in [-0.4, -0.2) is 26.9 Å². The van der Waals surface area contributed by atoms with Crippen LogP contribution in [-0.2, 0) is 0 Å². The zero-order valence-corrected chi connectivity index (χ0v) is 11.1. The molecule has 0 aliphatic rings. The van der Waals surface area contributed by atoms with Crippen molar-refractivity contribution in [3.8, 4) is 17.2 Å². The second-order valence-electron chi connectivity index (χ2n) is 4.50. The van der Waals surface area contributed by atoms with Gasteiger partial charge in [0, 0.05) is 18.5 Å². The molecule has 0 fully saturated rings. The fourth-order valence-corrected chi connectivity index (χ4v) is 1.99. The van der Waals surface area contributed by atoms with Gasteiger partial charge in [-0.2, -0.15) is 5.10 Å². The number of benzene rings is 2. The van der Waals surface area contributed by atoms with Gasteiger partial charge < -0.3 is 14.8 Å². The van der Waals surface area contributed by atoms with Crippen LogP contribution in [0.25, 0.3) is 5.69 Å². The van der Waals surface area contributed by atoms with Crippen molar-refractivity contribution in [3.05, 3.63) is 67.0 Å². The molecule has 1 aromatic heterocycles. The third-order valence-corrected chi connectivity index (χ3v) is 2.98. The van der Waals surface area contributed by atoms with E-state index in [1.54, 1.807) is 35.1 Å². The Kier molecular flexibility index (Phi) is 3.72. The number of hydrogen-bond acceptors (Lipinski definition) is 4. The van der Waals surface area contributed by atoms with Crippen LogP contribution in [0.15, 0.2) is 67.0 Å². The van der Waals surface area contributed by atoms with Crippen LogP contribution in [0, 0.1) is 0 Å². The Morgan fingerprint density at radius 3 is 2.43 bits per heavy atom. The Bertz CT molecular complexity index is 729. The second-order valence-corrected chi connectivity index (χ2v) is 4.50. The van der Waals surface area contributed by atoms with E-state index in [2.05, 4.69) is 5.10 Å². The maximum absolute atomic E-state index is 9.17. The fourth-order valence-electron chi connectivity index (χ4n) is 1.99. The van der Waals surface area contributed by atoms with Crippen molar-refractivity contribution in [1.82, 2.24) is 9.78 Å². The number of nitrogens with zero attached hydrogens (tertiary/aromatic N) is 2. The van der Waals surface area contributed by atoms with Crippen molar-refractivity contribution in [2.75, 3.05) is 0 Å². The predicted octanol–water partition coefficient (Wildman–Crippen LogP) is 1.34. The van der Waals surface area contributed by atoms with Gasteiger partial charge in [0.1, 0.15) is 11.5 Å². The van der Waals surface area contributed by atoms with Crippen LogP contribution < -0.4 is 10.2 Å². The molecule has 6 heteroatoms. The van der Waals surface area contributed by atoms with Crippen molar-refractivity contribution in [1.29, 1.82) is 0 Å². The van der Waals surface area contributed by atoms with E-state index in [9.17, 15) is 10.0 Å². The molecular weight excluding hydrogens is 267 g/mol. The van der Waals surface area contributed by atoms with Gasteiger partial charge in [-0.1, -0.05) is 18.2 Å². The number of ether oxygens (including phenoxy) is 1. The maximum atomic E-state index is 9.17. The molecule has 104 valence electrons. The lowest BCUT2D eigenvalue weighted by atomic mass is 9.80. The summed E-state index contributed by atoms with van der Waals surface area (Å²) in [5, 5.41) is 22.5. The third-order valence-electron chi connectivity index (χ3n) is 2.98. The average molecular weight is 280 g/mol. The molecule has 0 bridgehead atoms. The van der Waals surface area contributed by atoms with Crippen LogP contribution in [0.2, 0.25) is 0 Å². The molecular formula is C15H13BN2O3. The highest BCUT2D eigenvalue weighted by molar-refractivity contribution is 6.58. The fraction of sp³-hybridized carbons (Fsp3) is 0. The lowest BCUT2D eigenvalue weighted by molar-refractivity contribution is 0.425. The minimum Gasteiger partial charge on any atom is -0.457 e. The van der Waals surface area contributed by atoms with E-state index in [-0.39, 0.29) is 0 Å². The molecule has 0 aliphatic heterocycles. The van der Waals surface area contributed by atoms with Crippen molar-refractivity contribution in [3.63, 3.8) is 0 Å². The van der Waals surface area contributed by atoms with Crippen LogP contribution in [0.3, 0.4) is 0 Å². The number of aromatic nitrogens is 2. The smallest absolute Gasteiger partial charge is 0.457 e. The highest BCUT2D eigenvalue weighted by Crippen LogP contribution is 2.22. The molecule has 0 spiro atoms. The highest BCUT2D eigenvalue weighted by Gasteiger charge is 2.11. The largest absolute Gasteiger partial charge is 0.488 e. The molecule has 0 amide bonds. The van der Waals surface area contributed by atoms with Crippen LogP contribution in [0.4, 0.5) is 0 Å². The molecule has 0 radical (unpaired) electrons. The third kappa shape index (κ3) is 3.13. The number of rotatable bonds is 4. The lowest BCUT2D eigenvalue weighted by Crippen LogP contribution is -2.29. The van der Waals surface area contributed by atoms with E-state index in [0.29, 0.717) is 17.0 Å². The Balaban J connectivity index is 1.85. The molecule has 2 aromatic carbocycles. The summed E-state index contributed by atoms with van der Waals surface area (Å²) >= 11 is 0. The first-order valence-electron chi connectivity index (χ1n) is 6.46. The van der Waals surface area contributed by atoms with E-state index >= 15 is 0 Å². The lowest BCUT2D eigenvalue weighted by Gasteiger charge is -2.09. The molecule has 3 rings (SSSR count). The van der Waals surface area contributed by atoms with E-state index in [1.165, 1.54) is 0 Å². The Morgan fingerprint density at radius 2 is 1.71 bits per heavy atom. The highest BCUT2D eigenvalue weighted by atomic mass is 16.5. The van der Waals surface area contributed by atoms with E-state index in [1.807, 2.05) is 36.5 Å². The summed E-state index contributed by atoms with van der Waals surface area (Å²) in [6.07, 6.45) is 3.56. The van der Waals surface area contributed by atoms with Crippen LogP contribution in [0.5, 0.6) is 11.5 Å². The van der Waals surface area contributed by atoms with Gasteiger partial charge in [-0.3, -0.25) is 0 Å². The molecule has 0 aliphatic carbocycles. The summed E-state index contributed by atoms with van der Waals surface area (Å²) in [5.41, 5.74) is 1.27. The molecule has 2 N–H and O–H groups in total. The van der Waals surface area contributed by atoms with E-state index in [4.69, 9.17) is 4.74 Å². The summed E-state index contributed by atoms with van der Waals surface area (Å²) in [5.74, 6) is 1.19. The Hall–Kier alpha value is -2.57. The van der Waals surface area contributed by atoms with Crippen LogP contribution >= 0.6 is 0 Å². The first kappa shape index (κ1) is 13.4. The summed E-state index contributed by atoms with van der Waals surface area (Å²) in [6.45, 7) is 0. The van der Waals surface area contributed by atoms with Gasteiger partial charge >= 0.3 is 7.12 Å². The Morgan fingerprint density at radius 1 is 0.952 bits per heavy atom. The second kappa shape index (κ2) is 5.82. The van der Waals surface area contributed by atoms with Crippen molar-refractivity contribution >= 4 is 12.6 Å². The molecule has 0 unspecified atom stereocenters. The first-order valence-corrected chi connectivity index (χ1v) is 6.46. The first-order chi connectivity index (χ1) is 10.2. The topological polar surface area (TPSA) is 67.5 Å². The minimum absolute atomic E-state index is 0.385. The van der Waals surface area contributed by atoms with Gasteiger partial charge in [0.05, 0.1) is 5.69 Å². The zero-order valence-electron chi connectivity index (χ0n) is 11.1. The normalized spacial score (nSPS) is 10.4. The van der Waals surface area contributed by atoms with E-state index in [0.717, 1.165) is 5.69 Å². The zero-order chi connectivity index (χ0) is 14.7. The minimum atomic E-state index is -1.51. The summed E-state index contributed by atoms with van der Waals surface area (Å²) in [7, 11) is -1.51. The molecule has 0 saturated carbocycles. The molecule has 0 saturated heterocycles. The quantitative estimate of drug-likeness (QED) is 0.708. The van der Waals surface area contributed by atoms with Gasteiger partial charge in [-0.15, -0.1) is 0 Å². The maximum Gasteiger partial charge on any atom is 0.488 e. The summed E-state index contributed by atoms with van der Waals surface area (Å²) < 4.78 is 7.48. The average Bonchev–Trinajstić information content (AvgIpc) is 3.02. The van der Waals surface area contributed by atoms with Crippen molar-refractivity contribution in [2.45, 2.75) is 0 Å². The molecule has 1 heterocycles. The molecule has 3 aromatic rings. The van der Waals surface area contributed by atoms with Crippen molar-refractivity contribution in [2.24, 2.45) is 0 Å². The molecule has 0 atom stereocenters. The molecule has 5 nitrogen and oxygen atoms in total. The SMILES string of the molecule is OB(O)c1cccc(Oc2cccc(-n3cccn3)c2)c1. The van der Waals surface area contributed by atoms with Gasteiger partial charge in [0.15, 0.2) is 0 Å².